The Labute approximate surface area is 100.0 Å². The predicted molar refractivity (Wildman–Crippen MR) is 65.9 cm³/mol. The summed E-state index contributed by atoms with van der Waals surface area (Å²) in [7, 11) is 0. The molecule has 0 aliphatic rings. The molecular formula is C12H16N2O3. The summed E-state index contributed by atoms with van der Waals surface area (Å²) in [4.78, 5) is 21.6. The fourth-order valence-electron chi connectivity index (χ4n) is 1.47. The molecule has 0 spiro atoms. The number of rotatable bonds is 4. The van der Waals surface area contributed by atoms with Crippen LogP contribution in [0, 0.1) is 23.0 Å². The second kappa shape index (κ2) is 5.43. The average Bonchev–Trinajstić information content (AvgIpc) is 2.19. The van der Waals surface area contributed by atoms with Crippen LogP contribution in [0.5, 0.6) is 0 Å². The van der Waals surface area contributed by atoms with Crippen molar-refractivity contribution in [3.05, 3.63) is 33.9 Å². The van der Waals surface area contributed by atoms with Crippen LogP contribution in [0.3, 0.4) is 0 Å². The van der Waals surface area contributed by atoms with E-state index in [4.69, 9.17) is 0 Å². The van der Waals surface area contributed by atoms with Crippen LogP contribution >= 0.6 is 0 Å². The first-order valence-corrected chi connectivity index (χ1v) is 5.45. The van der Waals surface area contributed by atoms with Gasteiger partial charge in [0.25, 0.3) is 5.69 Å². The molecule has 17 heavy (non-hydrogen) atoms. The molecule has 1 aromatic carbocycles. The van der Waals surface area contributed by atoms with Crippen LogP contribution < -0.4 is 5.32 Å². The van der Waals surface area contributed by atoms with Gasteiger partial charge in [0.15, 0.2) is 0 Å². The van der Waals surface area contributed by atoms with Crippen molar-refractivity contribution in [3.8, 4) is 0 Å². The Morgan fingerprint density at radius 2 is 2.12 bits per heavy atom. The van der Waals surface area contributed by atoms with Gasteiger partial charge in [0.05, 0.1) is 4.92 Å². The minimum atomic E-state index is -0.452. The number of amides is 1. The van der Waals surface area contributed by atoms with Crippen LogP contribution in [0.1, 0.15) is 25.8 Å². The molecule has 0 fully saturated rings. The zero-order chi connectivity index (χ0) is 13.0. The van der Waals surface area contributed by atoms with E-state index in [-0.39, 0.29) is 17.5 Å². The maximum absolute atomic E-state index is 11.5. The average molecular weight is 236 g/mol. The highest BCUT2D eigenvalue weighted by atomic mass is 16.6. The van der Waals surface area contributed by atoms with Gasteiger partial charge in [-0.1, -0.05) is 13.8 Å². The van der Waals surface area contributed by atoms with E-state index in [0.717, 1.165) is 0 Å². The van der Waals surface area contributed by atoms with Gasteiger partial charge in [-0.25, -0.2) is 0 Å². The van der Waals surface area contributed by atoms with Crippen molar-refractivity contribution in [1.82, 2.24) is 0 Å². The molecule has 0 saturated heterocycles. The van der Waals surface area contributed by atoms with Gasteiger partial charge in [0.2, 0.25) is 5.91 Å². The van der Waals surface area contributed by atoms with Gasteiger partial charge < -0.3 is 5.32 Å². The number of hydrogen-bond donors (Lipinski definition) is 1. The highest BCUT2D eigenvalue weighted by Crippen LogP contribution is 2.21. The summed E-state index contributed by atoms with van der Waals surface area (Å²) in [5, 5.41) is 13.3. The number of non-ortho nitro benzene ring substituents is 1. The number of aryl methyl sites for hydroxylation is 1. The van der Waals surface area contributed by atoms with Crippen LogP contribution in [0.15, 0.2) is 18.2 Å². The van der Waals surface area contributed by atoms with E-state index < -0.39 is 4.92 Å². The molecule has 1 amide bonds. The monoisotopic (exact) mass is 236 g/mol. The highest BCUT2D eigenvalue weighted by Gasteiger charge is 2.10. The lowest BCUT2D eigenvalue weighted by Gasteiger charge is -2.09. The number of benzene rings is 1. The Morgan fingerprint density at radius 3 is 2.59 bits per heavy atom. The first-order valence-electron chi connectivity index (χ1n) is 5.45. The third-order valence-corrected chi connectivity index (χ3v) is 2.29. The predicted octanol–water partition coefficient (Wildman–Crippen LogP) is 2.89. The molecule has 0 atom stereocenters. The summed E-state index contributed by atoms with van der Waals surface area (Å²) in [5.41, 5.74) is 1.35. The number of nitro groups is 1. The number of nitrogens with one attached hydrogen (secondary N) is 1. The van der Waals surface area contributed by atoms with Gasteiger partial charge in [0, 0.05) is 24.2 Å². The minimum absolute atomic E-state index is 0.0318. The maximum atomic E-state index is 11.5. The Bertz CT molecular complexity index is 441. The summed E-state index contributed by atoms with van der Waals surface area (Å²) in [6.07, 6.45) is 0.441. The van der Waals surface area contributed by atoms with E-state index >= 15 is 0 Å². The lowest BCUT2D eigenvalue weighted by atomic mass is 10.1. The molecule has 5 heteroatoms. The standard InChI is InChI=1S/C12H16N2O3/c1-8(2)6-12(15)13-11-5-4-10(14(16)17)7-9(11)3/h4-5,7-8H,6H2,1-3H3,(H,13,15). The maximum Gasteiger partial charge on any atom is 0.269 e. The molecule has 0 aliphatic carbocycles. The van der Waals surface area contributed by atoms with E-state index in [2.05, 4.69) is 5.32 Å². The summed E-state index contributed by atoms with van der Waals surface area (Å²) in [5.74, 6) is 0.213. The smallest absolute Gasteiger partial charge is 0.269 e. The van der Waals surface area contributed by atoms with Gasteiger partial charge in [-0.15, -0.1) is 0 Å². The lowest BCUT2D eigenvalue weighted by Crippen LogP contribution is -2.14. The van der Waals surface area contributed by atoms with Crippen LogP contribution in [0.2, 0.25) is 0 Å². The molecule has 0 unspecified atom stereocenters. The van der Waals surface area contributed by atoms with E-state index in [1.54, 1.807) is 13.0 Å². The van der Waals surface area contributed by atoms with Crippen molar-refractivity contribution in [2.75, 3.05) is 5.32 Å². The van der Waals surface area contributed by atoms with Crippen LogP contribution in [0.4, 0.5) is 11.4 Å². The van der Waals surface area contributed by atoms with Crippen molar-refractivity contribution in [2.24, 2.45) is 5.92 Å². The number of carbonyl (C=O) groups is 1. The molecule has 0 aliphatic heterocycles. The molecule has 1 rings (SSSR count). The zero-order valence-electron chi connectivity index (χ0n) is 10.2. The molecule has 1 aromatic rings. The summed E-state index contributed by atoms with van der Waals surface area (Å²) in [6.45, 7) is 5.66. The molecule has 1 N–H and O–H groups in total. The highest BCUT2D eigenvalue weighted by molar-refractivity contribution is 5.91. The first kappa shape index (κ1) is 13.2. The van der Waals surface area contributed by atoms with Crippen molar-refractivity contribution >= 4 is 17.3 Å². The van der Waals surface area contributed by atoms with E-state index in [1.165, 1.54) is 12.1 Å². The normalized spacial score (nSPS) is 10.4. The third kappa shape index (κ3) is 3.86. The number of nitrogens with zero attached hydrogens (tertiary/aromatic N) is 1. The van der Waals surface area contributed by atoms with Gasteiger partial charge >= 0.3 is 0 Å². The molecule has 5 nitrogen and oxygen atoms in total. The Morgan fingerprint density at radius 1 is 1.47 bits per heavy atom. The van der Waals surface area contributed by atoms with Crippen LogP contribution in [-0.2, 0) is 4.79 Å². The topological polar surface area (TPSA) is 72.2 Å². The number of anilines is 1. The van der Waals surface area contributed by atoms with E-state index in [9.17, 15) is 14.9 Å². The SMILES string of the molecule is Cc1cc([N+](=O)[O-])ccc1NC(=O)CC(C)C. The van der Waals surface area contributed by atoms with Crippen molar-refractivity contribution in [3.63, 3.8) is 0 Å². The van der Waals surface area contributed by atoms with Gasteiger partial charge in [-0.05, 0) is 24.5 Å². The summed E-state index contributed by atoms with van der Waals surface area (Å²) in [6, 6.07) is 4.40. The van der Waals surface area contributed by atoms with E-state index in [0.29, 0.717) is 17.7 Å². The molecule has 0 bridgehead atoms. The Balaban J connectivity index is 2.79. The number of hydrogen-bond acceptors (Lipinski definition) is 3. The zero-order valence-corrected chi connectivity index (χ0v) is 10.2. The molecule has 0 aromatic heterocycles. The van der Waals surface area contributed by atoms with Crippen LogP contribution in [0.25, 0.3) is 0 Å². The quantitative estimate of drug-likeness (QED) is 0.645. The Hall–Kier alpha value is -1.91. The summed E-state index contributed by atoms with van der Waals surface area (Å²) >= 11 is 0. The van der Waals surface area contributed by atoms with Crippen molar-refractivity contribution in [2.45, 2.75) is 27.2 Å². The molecule has 0 saturated carbocycles. The minimum Gasteiger partial charge on any atom is -0.326 e. The molecule has 92 valence electrons. The van der Waals surface area contributed by atoms with Crippen molar-refractivity contribution in [1.29, 1.82) is 0 Å². The Kier molecular flexibility index (Phi) is 4.20. The van der Waals surface area contributed by atoms with E-state index in [1.807, 2.05) is 13.8 Å². The fraction of sp³-hybridized carbons (Fsp3) is 0.417. The largest absolute Gasteiger partial charge is 0.326 e. The molecular weight excluding hydrogens is 220 g/mol. The van der Waals surface area contributed by atoms with Gasteiger partial charge in [-0.2, -0.15) is 0 Å². The second-order valence-corrected chi connectivity index (χ2v) is 4.40. The van der Waals surface area contributed by atoms with Crippen molar-refractivity contribution < 1.29 is 9.72 Å². The first-order chi connectivity index (χ1) is 7.90. The van der Waals surface area contributed by atoms with Gasteiger partial charge in [-0.3, -0.25) is 14.9 Å². The second-order valence-electron chi connectivity index (χ2n) is 4.40. The van der Waals surface area contributed by atoms with Gasteiger partial charge in [0.1, 0.15) is 0 Å². The fourth-order valence-corrected chi connectivity index (χ4v) is 1.47. The number of carbonyl (C=O) groups excluding carboxylic acids is 1. The number of nitro benzene ring substituents is 1. The lowest BCUT2D eigenvalue weighted by molar-refractivity contribution is -0.384. The molecule has 0 heterocycles. The van der Waals surface area contributed by atoms with Crippen LogP contribution in [-0.4, -0.2) is 10.8 Å². The third-order valence-electron chi connectivity index (χ3n) is 2.29. The molecule has 0 radical (unpaired) electrons. The summed E-state index contributed by atoms with van der Waals surface area (Å²) < 4.78 is 0.